The van der Waals surface area contributed by atoms with Gasteiger partial charge in [-0.05, 0) is 121 Å². The van der Waals surface area contributed by atoms with Gasteiger partial charge in [-0.2, -0.15) is 0 Å². The number of anilines is 5. The van der Waals surface area contributed by atoms with Gasteiger partial charge < -0.3 is 10.2 Å². The van der Waals surface area contributed by atoms with Gasteiger partial charge in [-0.3, -0.25) is 0 Å². The van der Waals surface area contributed by atoms with E-state index in [9.17, 15) is 0 Å². The maximum Gasteiger partial charge on any atom is 0.0467 e. The third-order valence-electron chi connectivity index (χ3n) is 12.6. The molecule has 65 heavy (non-hydrogen) atoms. The number of nitrogens with zero attached hydrogens (tertiary/aromatic N) is 1. The van der Waals surface area contributed by atoms with Crippen molar-refractivity contribution in [1.82, 2.24) is 0 Å². The number of fused-ring (bicyclic) bond motifs is 6. The predicted octanol–water partition coefficient (Wildman–Crippen LogP) is 18.2. The fourth-order valence-corrected chi connectivity index (χ4v) is 10.8. The van der Waals surface area contributed by atoms with Crippen LogP contribution < -0.4 is 10.2 Å². The number of hydrogen-bond donors (Lipinski definition) is 1. The van der Waals surface area contributed by atoms with E-state index < -0.39 is 0 Å². The molecule has 0 aliphatic rings. The van der Waals surface area contributed by atoms with Crippen LogP contribution in [0, 0.1) is 0 Å². The minimum absolute atomic E-state index is 1.04. The molecule has 0 atom stereocenters. The maximum atomic E-state index is 3.71. The van der Waals surface area contributed by atoms with Crippen molar-refractivity contribution in [2.24, 2.45) is 0 Å². The Bertz CT molecular complexity index is 3680. The summed E-state index contributed by atoms with van der Waals surface area (Å²) in [5, 5.41) is 11.4. The van der Waals surface area contributed by atoms with Gasteiger partial charge >= 0.3 is 0 Å². The summed E-state index contributed by atoms with van der Waals surface area (Å²) in [6.07, 6.45) is 0. The molecule has 0 aliphatic carbocycles. The molecule has 12 rings (SSSR count). The Labute approximate surface area is 383 Å². The Morgan fingerprint density at radius 2 is 0.846 bits per heavy atom. The molecule has 3 heteroatoms. The van der Waals surface area contributed by atoms with Crippen LogP contribution in [0.15, 0.2) is 249 Å². The van der Waals surface area contributed by atoms with E-state index in [0.717, 1.165) is 39.6 Å². The molecule has 12 aromatic rings. The van der Waals surface area contributed by atoms with E-state index in [1.807, 2.05) is 11.3 Å². The second kappa shape index (κ2) is 16.5. The number of hydrogen-bond acceptors (Lipinski definition) is 3. The minimum Gasteiger partial charge on any atom is -0.355 e. The highest BCUT2D eigenvalue weighted by atomic mass is 32.1. The smallest absolute Gasteiger partial charge is 0.0467 e. The van der Waals surface area contributed by atoms with Crippen LogP contribution in [-0.2, 0) is 0 Å². The lowest BCUT2D eigenvalue weighted by molar-refractivity contribution is 1.28. The van der Waals surface area contributed by atoms with E-state index in [0.29, 0.717) is 0 Å². The molecule has 1 N–H and O–H groups in total. The largest absolute Gasteiger partial charge is 0.355 e. The Morgan fingerprint density at radius 3 is 1.68 bits per heavy atom. The summed E-state index contributed by atoms with van der Waals surface area (Å²) < 4.78 is 2.67. The topological polar surface area (TPSA) is 15.3 Å². The summed E-state index contributed by atoms with van der Waals surface area (Å²) >= 11 is 1.90. The molecular formula is C62H42N2S. The SMILES string of the molecule is c1ccc(-c2ccccc2Nc2cccc(-c3ccc(N(c4ccc(-c5cccc6c5sc5c7ccccc7ccc65)cc4)c4cccc(-c5ccc6ccccc6c5)c4)cc3)c2)cc1. The summed E-state index contributed by atoms with van der Waals surface area (Å²) in [7, 11) is 0. The zero-order chi connectivity index (χ0) is 43.1. The predicted molar refractivity (Wildman–Crippen MR) is 280 cm³/mol. The molecule has 306 valence electrons. The average Bonchev–Trinajstić information content (AvgIpc) is 3.77. The zero-order valence-corrected chi connectivity index (χ0v) is 36.3. The first-order valence-electron chi connectivity index (χ1n) is 22.2. The minimum atomic E-state index is 1.04. The van der Waals surface area contributed by atoms with E-state index in [1.165, 1.54) is 75.1 Å². The van der Waals surface area contributed by atoms with Crippen molar-refractivity contribution in [3.05, 3.63) is 249 Å². The van der Waals surface area contributed by atoms with Gasteiger partial charge in [0, 0.05) is 54.2 Å². The summed E-state index contributed by atoms with van der Waals surface area (Å²) in [4.78, 5) is 2.38. The molecule has 0 bridgehead atoms. The number of benzene rings is 11. The van der Waals surface area contributed by atoms with E-state index in [1.54, 1.807) is 0 Å². The summed E-state index contributed by atoms with van der Waals surface area (Å²) in [6, 6.07) is 90.1. The standard InChI is InChI=1S/C62H42N2S/c1-2-14-44(15-3-1)55-22-8-9-26-60(55)63-51-20-10-18-48(40-51)43-29-34-52(35-30-43)64(54-21-11-19-49(41-54)50-28-27-42-13-4-5-17-47(42)39-50)53-36-31-46(32-37-53)57-24-12-25-58-59-38-33-45-16-6-7-23-56(45)62(59)65-61(57)58/h1-41,63H. The molecule has 0 saturated heterocycles. The van der Waals surface area contributed by atoms with E-state index in [-0.39, 0.29) is 0 Å². The Balaban J connectivity index is 0.911. The molecule has 0 radical (unpaired) electrons. The number of para-hydroxylation sites is 1. The number of thiophene rings is 1. The molecule has 1 heterocycles. The van der Waals surface area contributed by atoms with Gasteiger partial charge in [0.1, 0.15) is 0 Å². The lowest BCUT2D eigenvalue weighted by Crippen LogP contribution is -2.10. The number of nitrogens with one attached hydrogen (secondary N) is 1. The molecule has 0 amide bonds. The fraction of sp³-hybridized carbons (Fsp3) is 0. The van der Waals surface area contributed by atoms with Crippen LogP contribution in [0.25, 0.3) is 86.2 Å². The van der Waals surface area contributed by atoms with Gasteiger partial charge in [0.25, 0.3) is 0 Å². The van der Waals surface area contributed by atoms with Gasteiger partial charge in [-0.15, -0.1) is 11.3 Å². The molecule has 0 unspecified atom stereocenters. The molecule has 0 fully saturated rings. The molecule has 1 aromatic heterocycles. The highest BCUT2D eigenvalue weighted by Crippen LogP contribution is 2.44. The summed E-state index contributed by atoms with van der Waals surface area (Å²) in [5.41, 5.74) is 14.9. The Hall–Kier alpha value is -8.24. The second-order valence-corrected chi connectivity index (χ2v) is 17.6. The van der Waals surface area contributed by atoms with Crippen LogP contribution in [0.5, 0.6) is 0 Å². The molecule has 0 aliphatic heterocycles. The van der Waals surface area contributed by atoms with Crippen molar-refractivity contribution in [2.75, 3.05) is 10.2 Å². The maximum absolute atomic E-state index is 3.71. The van der Waals surface area contributed by atoms with Crippen molar-refractivity contribution in [1.29, 1.82) is 0 Å². The second-order valence-electron chi connectivity index (χ2n) is 16.6. The van der Waals surface area contributed by atoms with Crippen molar-refractivity contribution >= 4 is 81.5 Å². The van der Waals surface area contributed by atoms with Crippen LogP contribution in [-0.4, -0.2) is 0 Å². The van der Waals surface area contributed by atoms with Crippen molar-refractivity contribution < 1.29 is 0 Å². The van der Waals surface area contributed by atoms with E-state index in [4.69, 9.17) is 0 Å². The summed E-state index contributed by atoms with van der Waals surface area (Å²) in [5.74, 6) is 0. The third-order valence-corrected chi connectivity index (χ3v) is 13.9. The fourth-order valence-electron chi connectivity index (χ4n) is 9.38. The van der Waals surface area contributed by atoms with Gasteiger partial charge in [0.15, 0.2) is 0 Å². The van der Waals surface area contributed by atoms with Gasteiger partial charge in [0.2, 0.25) is 0 Å². The normalized spacial score (nSPS) is 11.4. The highest BCUT2D eigenvalue weighted by Gasteiger charge is 2.17. The summed E-state index contributed by atoms with van der Waals surface area (Å²) in [6.45, 7) is 0. The van der Waals surface area contributed by atoms with E-state index in [2.05, 4.69) is 259 Å². The first-order chi connectivity index (χ1) is 32.2. The molecular weight excluding hydrogens is 805 g/mol. The average molecular weight is 847 g/mol. The van der Waals surface area contributed by atoms with Gasteiger partial charge in [-0.25, -0.2) is 0 Å². The van der Waals surface area contributed by atoms with E-state index >= 15 is 0 Å². The molecule has 11 aromatic carbocycles. The first-order valence-corrected chi connectivity index (χ1v) is 23.0. The first kappa shape index (κ1) is 38.4. The van der Waals surface area contributed by atoms with Crippen LogP contribution in [0.2, 0.25) is 0 Å². The van der Waals surface area contributed by atoms with Crippen LogP contribution >= 0.6 is 11.3 Å². The lowest BCUT2D eigenvalue weighted by Gasteiger charge is -2.26. The van der Waals surface area contributed by atoms with Crippen LogP contribution in [0.3, 0.4) is 0 Å². The van der Waals surface area contributed by atoms with Crippen LogP contribution in [0.1, 0.15) is 0 Å². The zero-order valence-electron chi connectivity index (χ0n) is 35.5. The number of rotatable bonds is 9. The molecule has 0 spiro atoms. The van der Waals surface area contributed by atoms with Crippen molar-refractivity contribution in [2.45, 2.75) is 0 Å². The van der Waals surface area contributed by atoms with Crippen LogP contribution in [0.4, 0.5) is 28.4 Å². The van der Waals surface area contributed by atoms with Gasteiger partial charge in [-0.1, -0.05) is 188 Å². The third kappa shape index (κ3) is 7.28. The Morgan fingerprint density at radius 1 is 0.292 bits per heavy atom. The van der Waals surface area contributed by atoms with Gasteiger partial charge in [0.05, 0.1) is 0 Å². The lowest BCUT2D eigenvalue weighted by atomic mass is 9.99. The molecule has 2 nitrogen and oxygen atoms in total. The molecule has 0 saturated carbocycles. The monoisotopic (exact) mass is 846 g/mol. The highest BCUT2D eigenvalue weighted by molar-refractivity contribution is 7.27. The van der Waals surface area contributed by atoms with Crippen molar-refractivity contribution in [3.63, 3.8) is 0 Å². The Kier molecular flexibility index (Phi) is 9.74. The quantitative estimate of drug-likeness (QED) is 0.156. The van der Waals surface area contributed by atoms with Crippen molar-refractivity contribution in [3.8, 4) is 44.5 Å².